The van der Waals surface area contributed by atoms with Crippen LogP contribution in [0.4, 0.5) is 11.4 Å². The number of rotatable bonds is 2. The lowest BCUT2D eigenvalue weighted by atomic mass is 10.2. The van der Waals surface area contributed by atoms with Gasteiger partial charge in [0.2, 0.25) is 0 Å². The molecule has 2 N–H and O–H groups in total. The van der Waals surface area contributed by atoms with E-state index in [2.05, 4.69) is 10.6 Å². The highest BCUT2D eigenvalue weighted by Gasteiger charge is 2.09. The molecule has 0 atom stereocenters. The summed E-state index contributed by atoms with van der Waals surface area (Å²) in [6, 6.07) is 8.71. The minimum atomic E-state index is 0.376. The lowest BCUT2D eigenvalue weighted by Gasteiger charge is -2.14. The normalized spacial score (nSPS) is 10.3. The van der Waals surface area contributed by atoms with Gasteiger partial charge in [0.15, 0.2) is 5.11 Å². The summed E-state index contributed by atoms with van der Waals surface area (Å²) in [4.78, 5) is 0. The summed E-state index contributed by atoms with van der Waals surface area (Å²) in [7, 11) is 0. The Morgan fingerprint density at radius 2 is 1.48 bits per heavy atom. The molecule has 0 radical (unpaired) electrons. The first-order chi connectivity index (χ1) is 9.88. The molecule has 110 valence electrons. The van der Waals surface area contributed by atoms with Crippen LogP contribution in [0, 0.1) is 6.92 Å². The average Bonchev–Trinajstić information content (AvgIpc) is 2.41. The Bertz CT molecular complexity index is 704. The van der Waals surface area contributed by atoms with Crippen LogP contribution in [0.3, 0.4) is 0 Å². The van der Waals surface area contributed by atoms with E-state index in [4.69, 9.17) is 58.6 Å². The van der Waals surface area contributed by atoms with Gasteiger partial charge >= 0.3 is 0 Å². The van der Waals surface area contributed by atoms with Gasteiger partial charge in [-0.2, -0.15) is 0 Å². The number of thiocarbonyl (C=S) groups is 1. The molecule has 0 fully saturated rings. The molecule has 0 aromatic heterocycles. The van der Waals surface area contributed by atoms with Gasteiger partial charge in [-0.15, -0.1) is 0 Å². The Kier molecular flexibility index (Phi) is 5.58. The molecule has 0 aliphatic rings. The second kappa shape index (κ2) is 7.03. The number of benzene rings is 2. The summed E-state index contributed by atoms with van der Waals surface area (Å²) in [6.07, 6.45) is 0. The zero-order valence-corrected chi connectivity index (χ0v) is 14.6. The summed E-state index contributed by atoms with van der Waals surface area (Å²) in [5.74, 6) is 0. The lowest BCUT2D eigenvalue weighted by Crippen LogP contribution is -2.19. The molecule has 0 saturated carbocycles. The van der Waals surface area contributed by atoms with Crippen LogP contribution in [0.25, 0.3) is 0 Å². The molecule has 21 heavy (non-hydrogen) atoms. The van der Waals surface area contributed by atoms with Crippen molar-refractivity contribution in [2.24, 2.45) is 0 Å². The third kappa shape index (κ3) is 4.15. The number of hydrogen-bond donors (Lipinski definition) is 2. The van der Waals surface area contributed by atoms with Gasteiger partial charge in [-0.25, -0.2) is 0 Å². The van der Waals surface area contributed by atoms with Crippen LogP contribution in [0.15, 0.2) is 30.3 Å². The fourth-order valence-corrected chi connectivity index (χ4v) is 2.63. The highest BCUT2D eigenvalue weighted by atomic mass is 35.5. The Hall–Kier alpha value is -0.710. The second-order valence-electron chi connectivity index (χ2n) is 4.24. The van der Waals surface area contributed by atoms with Gasteiger partial charge in [0.1, 0.15) is 0 Å². The van der Waals surface area contributed by atoms with Crippen molar-refractivity contribution in [3.8, 4) is 0 Å². The van der Waals surface area contributed by atoms with Crippen molar-refractivity contribution < 1.29 is 0 Å². The molecule has 0 spiro atoms. The Balaban J connectivity index is 2.16. The first kappa shape index (κ1) is 16.7. The van der Waals surface area contributed by atoms with Crippen molar-refractivity contribution in [3.05, 3.63) is 56.0 Å². The minimum absolute atomic E-state index is 0.376. The molecular weight excluding hydrogens is 370 g/mol. The van der Waals surface area contributed by atoms with E-state index in [-0.39, 0.29) is 0 Å². The lowest BCUT2D eigenvalue weighted by molar-refractivity contribution is 1.45. The molecule has 0 amide bonds. The molecule has 2 aromatic rings. The van der Waals surface area contributed by atoms with Gasteiger partial charge in [-0.3, -0.25) is 0 Å². The highest BCUT2D eigenvalue weighted by Crippen LogP contribution is 2.32. The summed E-state index contributed by atoms with van der Waals surface area (Å²) >= 11 is 29.3. The first-order valence-electron chi connectivity index (χ1n) is 5.86. The summed E-state index contributed by atoms with van der Waals surface area (Å²) in [5, 5.41) is 8.28. The van der Waals surface area contributed by atoms with E-state index in [9.17, 15) is 0 Å². The van der Waals surface area contributed by atoms with Crippen LogP contribution in [-0.4, -0.2) is 5.11 Å². The van der Waals surface area contributed by atoms with Gasteiger partial charge in [0.25, 0.3) is 0 Å². The van der Waals surface area contributed by atoms with Crippen LogP contribution in [-0.2, 0) is 0 Å². The fraction of sp³-hybridized carbons (Fsp3) is 0.0714. The monoisotopic (exact) mass is 378 g/mol. The van der Waals surface area contributed by atoms with E-state index in [0.717, 1.165) is 11.3 Å². The first-order valence-corrected chi connectivity index (χ1v) is 7.78. The zero-order chi connectivity index (χ0) is 15.6. The minimum Gasteiger partial charge on any atom is -0.332 e. The molecule has 2 nitrogen and oxygen atoms in total. The van der Waals surface area contributed by atoms with Crippen molar-refractivity contribution in [1.82, 2.24) is 0 Å². The van der Waals surface area contributed by atoms with Crippen molar-refractivity contribution >= 4 is 75.1 Å². The topological polar surface area (TPSA) is 24.1 Å². The number of nitrogens with one attached hydrogen (secondary N) is 2. The summed E-state index contributed by atoms with van der Waals surface area (Å²) in [5.41, 5.74) is 2.29. The summed E-state index contributed by atoms with van der Waals surface area (Å²) < 4.78 is 0. The van der Waals surface area contributed by atoms with Crippen LogP contribution < -0.4 is 10.6 Å². The number of halogens is 4. The SMILES string of the molecule is Cc1c(Cl)cccc1NC(=S)Nc1cc(Cl)c(Cl)cc1Cl. The van der Waals surface area contributed by atoms with Crippen molar-refractivity contribution in [2.75, 3.05) is 10.6 Å². The molecule has 0 saturated heterocycles. The predicted molar refractivity (Wildman–Crippen MR) is 97.5 cm³/mol. The molecule has 0 aliphatic heterocycles. The standard InChI is InChI=1S/C14H10Cl4N2S/c1-7-8(15)3-2-4-12(7)19-14(21)20-13-6-10(17)9(16)5-11(13)18/h2-6H,1H3,(H2,19,20,21). The summed E-state index contributed by atoms with van der Waals surface area (Å²) in [6.45, 7) is 1.90. The van der Waals surface area contributed by atoms with E-state index < -0.39 is 0 Å². The van der Waals surface area contributed by atoms with Gasteiger partial charge in [0.05, 0.1) is 20.8 Å². The van der Waals surface area contributed by atoms with E-state index in [1.165, 1.54) is 0 Å². The Morgan fingerprint density at radius 1 is 0.857 bits per heavy atom. The molecule has 0 aliphatic carbocycles. The van der Waals surface area contributed by atoms with E-state index >= 15 is 0 Å². The highest BCUT2D eigenvalue weighted by molar-refractivity contribution is 7.80. The third-order valence-corrected chi connectivity index (χ3v) is 4.42. The molecule has 7 heteroatoms. The third-order valence-electron chi connectivity index (χ3n) is 2.77. The van der Waals surface area contributed by atoms with Gasteiger partial charge in [-0.05, 0) is 49.0 Å². The number of hydrogen-bond acceptors (Lipinski definition) is 1. The van der Waals surface area contributed by atoms with E-state index in [1.54, 1.807) is 12.1 Å². The second-order valence-corrected chi connectivity index (χ2v) is 6.27. The maximum Gasteiger partial charge on any atom is 0.175 e. The zero-order valence-electron chi connectivity index (χ0n) is 10.8. The van der Waals surface area contributed by atoms with Crippen molar-refractivity contribution in [3.63, 3.8) is 0 Å². The maximum atomic E-state index is 6.09. The molecule has 0 heterocycles. The molecule has 0 bridgehead atoms. The van der Waals surface area contributed by atoms with Crippen LogP contribution in [0.2, 0.25) is 20.1 Å². The van der Waals surface area contributed by atoms with Crippen LogP contribution in [0.1, 0.15) is 5.56 Å². The fourth-order valence-electron chi connectivity index (χ4n) is 1.64. The number of anilines is 2. The Morgan fingerprint density at radius 3 is 2.19 bits per heavy atom. The van der Waals surface area contributed by atoms with Crippen molar-refractivity contribution in [1.29, 1.82) is 0 Å². The molecule has 2 aromatic carbocycles. The largest absolute Gasteiger partial charge is 0.332 e. The van der Waals surface area contributed by atoms with E-state index in [1.807, 2.05) is 25.1 Å². The predicted octanol–water partition coefficient (Wildman–Crippen LogP) is 6.42. The quantitative estimate of drug-likeness (QED) is 0.465. The van der Waals surface area contributed by atoms with Crippen LogP contribution in [0.5, 0.6) is 0 Å². The van der Waals surface area contributed by atoms with Crippen LogP contribution >= 0.6 is 58.6 Å². The van der Waals surface area contributed by atoms with Gasteiger partial charge in [0, 0.05) is 10.7 Å². The van der Waals surface area contributed by atoms with Gasteiger partial charge < -0.3 is 10.6 Å². The smallest absolute Gasteiger partial charge is 0.175 e. The average molecular weight is 380 g/mol. The van der Waals surface area contributed by atoms with Crippen molar-refractivity contribution in [2.45, 2.75) is 6.92 Å². The van der Waals surface area contributed by atoms with Gasteiger partial charge in [-0.1, -0.05) is 52.5 Å². The molecule has 2 rings (SSSR count). The Labute approximate surface area is 148 Å². The molecule has 0 unspecified atom stereocenters. The van der Waals surface area contributed by atoms with E-state index in [0.29, 0.717) is 30.9 Å². The molecular formula is C14H10Cl4N2S. The maximum absolute atomic E-state index is 6.09.